The first kappa shape index (κ1) is 18.3. The van der Waals surface area contributed by atoms with Crippen LogP contribution >= 0.6 is 11.8 Å². The minimum Gasteiger partial charge on any atom is -0.325 e. The number of hydrogen-bond donors (Lipinski definition) is 0. The van der Waals surface area contributed by atoms with E-state index in [4.69, 9.17) is 0 Å². The van der Waals surface area contributed by atoms with Gasteiger partial charge in [0, 0.05) is 57.3 Å². The van der Waals surface area contributed by atoms with Crippen molar-refractivity contribution < 1.29 is 4.79 Å². The molecule has 0 radical (unpaired) electrons. The Morgan fingerprint density at radius 2 is 2.00 bits per heavy atom. The third-order valence-corrected chi connectivity index (χ3v) is 6.48. The molecule has 8 heteroatoms. The van der Waals surface area contributed by atoms with Crippen molar-refractivity contribution in [2.24, 2.45) is 7.05 Å². The summed E-state index contributed by atoms with van der Waals surface area (Å²) < 4.78 is 2.09. The number of urea groups is 1. The van der Waals surface area contributed by atoms with Crippen molar-refractivity contribution in [3.63, 3.8) is 0 Å². The van der Waals surface area contributed by atoms with Crippen molar-refractivity contribution in [3.8, 4) is 0 Å². The highest BCUT2D eigenvalue weighted by molar-refractivity contribution is 7.98. The molecule has 144 valence electrons. The summed E-state index contributed by atoms with van der Waals surface area (Å²) in [7, 11) is 2.03. The fraction of sp³-hybridized carbons (Fsp3) is 0.579. The average molecular weight is 387 g/mol. The molecule has 7 nitrogen and oxygen atoms in total. The molecule has 0 aromatic carbocycles. The predicted molar refractivity (Wildman–Crippen MR) is 105 cm³/mol. The van der Waals surface area contributed by atoms with Gasteiger partial charge < -0.3 is 14.4 Å². The van der Waals surface area contributed by atoms with E-state index in [0.717, 1.165) is 68.6 Å². The summed E-state index contributed by atoms with van der Waals surface area (Å²) in [4.78, 5) is 20.9. The number of carbonyl (C=O) groups excluding carboxylic acids is 1. The van der Waals surface area contributed by atoms with E-state index in [1.54, 1.807) is 18.0 Å². The number of nitrogens with zero attached hydrogens (tertiary/aromatic N) is 6. The lowest BCUT2D eigenvalue weighted by Crippen LogP contribution is -2.46. The van der Waals surface area contributed by atoms with Gasteiger partial charge >= 0.3 is 6.03 Å². The number of likely N-dealkylation sites (tertiary alicyclic amines) is 2. The van der Waals surface area contributed by atoms with Gasteiger partial charge in [0.2, 0.25) is 0 Å². The van der Waals surface area contributed by atoms with Gasteiger partial charge in [-0.1, -0.05) is 17.8 Å². The van der Waals surface area contributed by atoms with E-state index in [-0.39, 0.29) is 11.9 Å². The topological polar surface area (TPSA) is 67.2 Å². The molecule has 1 atom stereocenters. The summed E-state index contributed by atoms with van der Waals surface area (Å²) in [6.07, 6.45) is 8.01. The highest BCUT2D eigenvalue weighted by Gasteiger charge is 2.31. The second-order valence-electron chi connectivity index (χ2n) is 7.31. The van der Waals surface area contributed by atoms with E-state index in [1.807, 2.05) is 29.1 Å². The fourth-order valence-electron chi connectivity index (χ4n) is 3.91. The first-order chi connectivity index (χ1) is 13.2. The number of carbonyl (C=O) groups is 1. The molecule has 0 spiro atoms. The van der Waals surface area contributed by atoms with Gasteiger partial charge in [0.1, 0.15) is 5.82 Å². The zero-order valence-electron chi connectivity index (χ0n) is 15.8. The predicted octanol–water partition coefficient (Wildman–Crippen LogP) is 2.90. The highest BCUT2D eigenvalue weighted by atomic mass is 32.2. The summed E-state index contributed by atoms with van der Waals surface area (Å²) >= 11 is 1.67. The Labute approximate surface area is 164 Å². The molecule has 2 aliphatic heterocycles. The maximum Gasteiger partial charge on any atom is 0.320 e. The number of hydrogen-bond acceptors (Lipinski definition) is 5. The van der Waals surface area contributed by atoms with Gasteiger partial charge in [0.05, 0.1) is 0 Å². The van der Waals surface area contributed by atoms with Gasteiger partial charge in [-0.15, -0.1) is 10.2 Å². The summed E-state index contributed by atoms with van der Waals surface area (Å²) in [5.41, 5.74) is 1.17. The zero-order valence-corrected chi connectivity index (χ0v) is 16.6. The van der Waals surface area contributed by atoms with Crippen molar-refractivity contribution >= 4 is 17.8 Å². The Morgan fingerprint density at radius 1 is 1.19 bits per heavy atom. The van der Waals surface area contributed by atoms with Crippen molar-refractivity contribution in [3.05, 3.63) is 35.9 Å². The van der Waals surface area contributed by atoms with Crippen LogP contribution in [-0.4, -0.2) is 61.8 Å². The zero-order chi connectivity index (χ0) is 18.6. The Kier molecular flexibility index (Phi) is 5.61. The van der Waals surface area contributed by atoms with Crippen LogP contribution < -0.4 is 0 Å². The quantitative estimate of drug-likeness (QED) is 0.756. The lowest BCUT2D eigenvalue weighted by molar-refractivity contribution is 0.145. The fourth-order valence-corrected chi connectivity index (χ4v) is 4.76. The minimum atomic E-state index is 0.200. The van der Waals surface area contributed by atoms with Crippen molar-refractivity contribution in [2.75, 3.05) is 26.2 Å². The molecule has 27 heavy (non-hydrogen) atoms. The Morgan fingerprint density at radius 3 is 2.78 bits per heavy atom. The molecule has 2 fully saturated rings. The number of pyridine rings is 1. The second kappa shape index (κ2) is 8.29. The van der Waals surface area contributed by atoms with Crippen molar-refractivity contribution in [2.45, 2.75) is 42.5 Å². The monoisotopic (exact) mass is 386 g/mol. The van der Waals surface area contributed by atoms with Gasteiger partial charge in [0.15, 0.2) is 5.16 Å². The molecular weight excluding hydrogens is 360 g/mol. The molecule has 2 aromatic heterocycles. The van der Waals surface area contributed by atoms with Crippen LogP contribution in [0.15, 0.2) is 29.7 Å². The summed E-state index contributed by atoms with van der Waals surface area (Å²) in [5.74, 6) is 2.07. The first-order valence-corrected chi connectivity index (χ1v) is 10.7. The van der Waals surface area contributed by atoms with Crippen molar-refractivity contribution in [1.29, 1.82) is 0 Å². The van der Waals surface area contributed by atoms with Crippen LogP contribution in [0.4, 0.5) is 4.79 Å². The third-order valence-electron chi connectivity index (χ3n) is 5.39. The molecule has 2 aromatic rings. The Bertz CT molecular complexity index is 774. The summed E-state index contributed by atoms with van der Waals surface area (Å²) in [6.45, 7) is 3.40. The Balaban J connectivity index is 1.40. The number of rotatable bonds is 4. The molecule has 0 saturated carbocycles. The lowest BCUT2D eigenvalue weighted by Gasteiger charge is -2.34. The highest BCUT2D eigenvalue weighted by Crippen LogP contribution is 2.29. The molecule has 4 rings (SSSR count). The molecule has 2 saturated heterocycles. The van der Waals surface area contributed by atoms with E-state index in [1.165, 1.54) is 5.56 Å². The smallest absolute Gasteiger partial charge is 0.320 e. The van der Waals surface area contributed by atoms with Crippen LogP contribution in [0.25, 0.3) is 0 Å². The number of piperidine rings is 1. The maximum atomic E-state index is 12.7. The number of thioether (sulfide) groups is 1. The standard InChI is InChI=1S/C19H26N6OS/c1-23-17(21-22-18(23)27-14-15-6-4-8-20-12-15)16-7-5-11-25(13-16)19(26)24-9-2-3-10-24/h4,6,8,12,16H,2-3,5,7,9-11,13-14H2,1H3/t16-/m1/s1. The number of amides is 2. The SMILES string of the molecule is Cn1c(SCc2cccnc2)nnc1[C@@H]1CCCN(C(=O)N2CCCC2)C1. The molecule has 2 aliphatic rings. The van der Waals surface area contributed by atoms with E-state index in [2.05, 4.69) is 25.8 Å². The lowest BCUT2D eigenvalue weighted by atomic mass is 9.97. The number of aromatic nitrogens is 4. The normalized spacial score (nSPS) is 20.3. The van der Waals surface area contributed by atoms with E-state index < -0.39 is 0 Å². The van der Waals surface area contributed by atoms with E-state index in [9.17, 15) is 4.79 Å². The van der Waals surface area contributed by atoms with Gasteiger partial charge in [-0.2, -0.15) is 0 Å². The van der Waals surface area contributed by atoms with E-state index in [0.29, 0.717) is 0 Å². The van der Waals surface area contributed by atoms with Crippen LogP contribution in [-0.2, 0) is 12.8 Å². The van der Waals surface area contributed by atoms with Gasteiger partial charge in [-0.25, -0.2) is 4.79 Å². The Hall–Kier alpha value is -2.09. The maximum absolute atomic E-state index is 12.7. The van der Waals surface area contributed by atoms with E-state index >= 15 is 0 Å². The third kappa shape index (κ3) is 4.10. The minimum absolute atomic E-state index is 0.200. The van der Waals surface area contributed by atoms with Gasteiger partial charge in [0.25, 0.3) is 0 Å². The van der Waals surface area contributed by atoms with Gasteiger partial charge in [-0.3, -0.25) is 4.98 Å². The molecule has 0 bridgehead atoms. The summed E-state index contributed by atoms with van der Waals surface area (Å²) in [6, 6.07) is 4.22. The first-order valence-electron chi connectivity index (χ1n) is 9.67. The molecule has 0 aliphatic carbocycles. The second-order valence-corrected chi connectivity index (χ2v) is 8.25. The van der Waals surface area contributed by atoms with Crippen LogP contribution in [0, 0.1) is 0 Å². The summed E-state index contributed by atoms with van der Waals surface area (Å²) in [5, 5.41) is 9.78. The average Bonchev–Trinajstić information content (AvgIpc) is 3.37. The molecule has 2 amide bonds. The van der Waals surface area contributed by atoms with Crippen LogP contribution in [0.5, 0.6) is 0 Å². The molecule has 0 N–H and O–H groups in total. The van der Waals surface area contributed by atoms with Gasteiger partial charge in [-0.05, 0) is 37.3 Å². The molecular formula is C19H26N6OS. The van der Waals surface area contributed by atoms with Crippen LogP contribution in [0.2, 0.25) is 0 Å². The van der Waals surface area contributed by atoms with Crippen LogP contribution in [0.3, 0.4) is 0 Å². The molecule has 0 unspecified atom stereocenters. The molecule has 4 heterocycles. The van der Waals surface area contributed by atoms with Crippen molar-refractivity contribution in [1.82, 2.24) is 29.5 Å². The largest absolute Gasteiger partial charge is 0.325 e. The van der Waals surface area contributed by atoms with Crippen LogP contribution in [0.1, 0.15) is 43.0 Å².